The number of anilines is 2. The van der Waals surface area contributed by atoms with Crippen LogP contribution in [0, 0.1) is 6.92 Å². The van der Waals surface area contributed by atoms with Gasteiger partial charge in [-0.05, 0) is 19.1 Å². The van der Waals surface area contributed by atoms with E-state index < -0.39 is 18.0 Å². The number of aromatic nitrogens is 2. The molecule has 1 amide bonds. The lowest BCUT2D eigenvalue weighted by atomic mass is 10.2. The van der Waals surface area contributed by atoms with Gasteiger partial charge in [0, 0.05) is 33.3 Å². The zero-order valence-corrected chi connectivity index (χ0v) is 15.1. The van der Waals surface area contributed by atoms with Crippen LogP contribution >= 0.6 is 0 Å². The number of rotatable bonds is 7. The molecule has 0 unspecified atom stereocenters. The molecule has 0 fully saturated rings. The Morgan fingerprint density at radius 2 is 1.89 bits per heavy atom. The monoisotopic (exact) mass is 383 g/mol. The average Bonchev–Trinajstić information content (AvgIpc) is 2.57. The minimum absolute atomic E-state index is 0.180. The summed E-state index contributed by atoms with van der Waals surface area (Å²) in [5, 5.41) is 5.58. The average molecular weight is 383 g/mol. The van der Waals surface area contributed by atoms with Crippen molar-refractivity contribution >= 4 is 17.5 Å². The fourth-order valence-electron chi connectivity index (χ4n) is 2.20. The van der Waals surface area contributed by atoms with E-state index in [1.165, 1.54) is 18.2 Å². The van der Waals surface area contributed by atoms with Crippen molar-refractivity contribution < 1.29 is 22.7 Å². The first-order valence-corrected chi connectivity index (χ1v) is 8.05. The van der Waals surface area contributed by atoms with Gasteiger partial charge in [0.05, 0.1) is 5.56 Å². The number of nitrogens with one attached hydrogen (secondary N) is 2. The molecule has 0 atom stereocenters. The molecule has 1 heterocycles. The number of carbonyl (C=O) groups is 1. The van der Waals surface area contributed by atoms with Gasteiger partial charge in [-0.1, -0.05) is 12.1 Å². The van der Waals surface area contributed by atoms with Crippen LogP contribution in [-0.2, 0) is 0 Å². The lowest BCUT2D eigenvalue weighted by Gasteiger charge is -2.15. The standard InChI is InChI=1S/C17H20F3N5O2/c1-11-23-14(10-15(24-11)25(2)3)21-8-9-22-16(26)12-6-4-5-7-13(12)27-17(18,19)20/h4-7,10H,8-9H2,1-3H3,(H,22,26)(H,21,23,24). The normalized spacial score (nSPS) is 11.0. The van der Waals surface area contributed by atoms with Gasteiger partial charge in [0.15, 0.2) is 0 Å². The van der Waals surface area contributed by atoms with E-state index in [9.17, 15) is 18.0 Å². The van der Waals surface area contributed by atoms with Gasteiger partial charge in [0.25, 0.3) is 5.91 Å². The lowest BCUT2D eigenvalue weighted by molar-refractivity contribution is -0.274. The summed E-state index contributed by atoms with van der Waals surface area (Å²) in [6, 6.07) is 6.93. The molecule has 0 aliphatic rings. The van der Waals surface area contributed by atoms with Crippen LogP contribution in [0.4, 0.5) is 24.8 Å². The van der Waals surface area contributed by atoms with Crippen molar-refractivity contribution in [1.82, 2.24) is 15.3 Å². The van der Waals surface area contributed by atoms with E-state index in [0.717, 1.165) is 11.9 Å². The molecule has 7 nitrogen and oxygen atoms in total. The van der Waals surface area contributed by atoms with Crippen LogP contribution in [0.25, 0.3) is 0 Å². The molecule has 27 heavy (non-hydrogen) atoms. The highest BCUT2D eigenvalue weighted by Gasteiger charge is 2.32. The second kappa shape index (κ2) is 8.56. The van der Waals surface area contributed by atoms with E-state index in [1.54, 1.807) is 13.0 Å². The van der Waals surface area contributed by atoms with Crippen LogP contribution in [0.2, 0.25) is 0 Å². The summed E-state index contributed by atoms with van der Waals surface area (Å²) in [7, 11) is 3.71. The lowest BCUT2D eigenvalue weighted by Crippen LogP contribution is -2.30. The highest BCUT2D eigenvalue weighted by molar-refractivity contribution is 5.96. The summed E-state index contributed by atoms with van der Waals surface area (Å²) in [6.45, 7) is 2.27. The Balaban J connectivity index is 1.92. The molecule has 1 aromatic heterocycles. The van der Waals surface area contributed by atoms with Gasteiger partial charge < -0.3 is 20.3 Å². The Labute approximate surface area is 154 Å². The SMILES string of the molecule is Cc1nc(NCCNC(=O)c2ccccc2OC(F)(F)F)cc(N(C)C)n1. The highest BCUT2D eigenvalue weighted by atomic mass is 19.4. The number of hydrogen-bond acceptors (Lipinski definition) is 6. The molecular weight excluding hydrogens is 363 g/mol. The van der Waals surface area contributed by atoms with Gasteiger partial charge in [-0.2, -0.15) is 0 Å². The van der Waals surface area contributed by atoms with Crippen LogP contribution in [0.1, 0.15) is 16.2 Å². The summed E-state index contributed by atoms with van der Waals surface area (Å²) < 4.78 is 41.1. The number of nitrogens with zero attached hydrogens (tertiary/aromatic N) is 3. The molecule has 0 spiro atoms. The fraction of sp³-hybridized carbons (Fsp3) is 0.353. The predicted molar refractivity (Wildman–Crippen MR) is 95.0 cm³/mol. The van der Waals surface area contributed by atoms with Gasteiger partial charge in [-0.3, -0.25) is 4.79 Å². The number of alkyl halides is 3. The molecular formula is C17H20F3N5O2. The van der Waals surface area contributed by atoms with Crippen molar-refractivity contribution in [1.29, 1.82) is 0 Å². The number of ether oxygens (including phenoxy) is 1. The molecule has 146 valence electrons. The summed E-state index contributed by atoms with van der Waals surface area (Å²) in [4.78, 5) is 22.5. The molecule has 2 N–H and O–H groups in total. The molecule has 0 radical (unpaired) electrons. The van der Waals surface area contributed by atoms with Crippen LogP contribution in [-0.4, -0.2) is 49.4 Å². The van der Waals surface area contributed by atoms with Gasteiger partial charge in [0.2, 0.25) is 0 Å². The Bertz CT molecular complexity index is 796. The number of hydrogen-bond donors (Lipinski definition) is 2. The van der Waals surface area contributed by atoms with Crippen molar-refractivity contribution in [2.45, 2.75) is 13.3 Å². The molecule has 2 aromatic rings. The van der Waals surface area contributed by atoms with Crippen molar-refractivity contribution in [3.63, 3.8) is 0 Å². The van der Waals surface area contributed by atoms with Crippen LogP contribution in [0.15, 0.2) is 30.3 Å². The number of para-hydroxylation sites is 1. The quantitative estimate of drug-likeness (QED) is 0.716. The first-order chi connectivity index (χ1) is 12.7. The molecule has 0 saturated heterocycles. The Morgan fingerprint density at radius 3 is 2.56 bits per heavy atom. The Kier molecular flexibility index (Phi) is 6.43. The maximum absolute atomic E-state index is 12.4. The maximum atomic E-state index is 12.4. The minimum atomic E-state index is -4.87. The predicted octanol–water partition coefficient (Wildman–Crippen LogP) is 2.59. The number of halogens is 3. The maximum Gasteiger partial charge on any atom is 0.573 e. The molecule has 0 bridgehead atoms. The van der Waals surface area contributed by atoms with Crippen molar-refractivity contribution in [2.75, 3.05) is 37.4 Å². The molecule has 0 aliphatic carbocycles. The fourth-order valence-corrected chi connectivity index (χ4v) is 2.20. The van der Waals surface area contributed by atoms with Crippen LogP contribution in [0.3, 0.4) is 0 Å². The smallest absolute Gasteiger partial charge is 0.405 e. The highest BCUT2D eigenvalue weighted by Crippen LogP contribution is 2.26. The zero-order valence-electron chi connectivity index (χ0n) is 15.1. The van der Waals surface area contributed by atoms with Crippen molar-refractivity contribution in [3.8, 4) is 5.75 Å². The number of benzene rings is 1. The topological polar surface area (TPSA) is 79.4 Å². The van der Waals surface area contributed by atoms with E-state index >= 15 is 0 Å². The number of amides is 1. The van der Waals surface area contributed by atoms with E-state index in [2.05, 4.69) is 25.3 Å². The molecule has 10 heteroatoms. The Morgan fingerprint density at radius 1 is 1.19 bits per heavy atom. The minimum Gasteiger partial charge on any atom is -0.405 e. The second-order valence-corrected chi connectivity index (χ2v) is 5.78. The zero-order chi connectivity index (χ0) is 20.0. The van der Waals surface area contributed by atoms with Gasteiger partial charge in [0.1, 0.15) is 23.2 Å². The summed E-state index contributed by atoms with van der Waals surface area (Å²) in [5.74, 6) is 0.696. The first kappa shape index (κ1) is 20.3. The van der Waals surface area contributed by atoms with E-state index in [0.29, 0.717) is 18.2 Å². The molecule has 2 rings (SSSR count). The summed E-state index contributed by atoms with van der Waals surface area (Å²) >= 11 is 0. The number of carbonyl (C=O) groups excluding carboxylic acids is 1. The number of aryl methyl sites for hydroxylation is 1. The second-order valence-electron chi connectivity index (χ2n) is 5.78. The van der Waals surface area contributed by atoms with Gasteiger partial charge in [-0.15, -0.1) is 13.2 Å². The van der Waals surface area contributed by atoms with Crippen LogP contribution < -0.4 is 20.3 Å². The van der Waals surface area contributed by atoms with E-state index in [-0.39, 0.29) is 12.1 Å². The van der Waals surface area contributed by atoms with Gasteiger partial charge >= 0.3 is 6.36 Å². The van der Waals surface area contributed by atoms with E-state index in [1.807, 2.05) is 19.0 Å². The van der Waals surface area contributed by atoms with Crippen LogP contribution in [0.5, 0.6) is 5.75 Å². The molecule has 0 aliphatic heterocycles. The Hall–Kier alpha value is -3.04. The summed E-state index contributed by atoms with van der Waals surface area (Å²) in [6.07, 6.45) is -4.87. The van der Waals surface area contributed by atoms with Crippen molar-refractivity contribution in [2.24, 2.45) is 0 Å². The van der Waals surface area contributed by atoms with E-state index in [4.69, 9.17) is 0 Å². The third-order valence-electron chi connectivity index (χ3n) is 3.36. The third-order valence-corrected chi connectivity index (χ3v) is 3.36. The molecule has 1 aromatic carbocycles. The first-order valence-electron chi connectivity index (χ1n) is 8.05. The van der Waals surface area contributed by atoms with Gasteiger partial charge in [-0.25, -0.2) is 9.97 Å². The molecule has 0 saturated carbocycles. The largest absolute Gasteiger partial charge is 0.573 e. The third kappa shape index (κ3) is 6.32. The van der Waals surface area contributed by atoms with Crippen molar-refractivity contribution in [3.05, 3.63) is 41.7 Å². The summed E-state index contributed by atoms with van der Waals surface area (Å²) in [5.41, 5.74) is -0.192.